The summed E-state index contributed by atoms with van der Waals surface area (Å²) in [5, 5.41) is 2.39. The maximum absolute atomic E-state index is 13.2. The number of halogens is 3. The Morgan fingerprint density at radius 1 is 1.22 bits per heavy atom. The molecule has 6 heteroatoms. The molecule has 0 aliphatic carbocycles. The quantitative estimate of drug-likeness (QED) is 0.850. The van der Waals surface area contributed by atoms with Crippen molar-refractivity contribution in [2.24, 2.45) is 0 Å². The molecule has 92 valence electrons. The van der Waals surface area contributed by atoms with E-state index in [4.69, 9.17) is 11.6 Å². The fraction of sp³-hybridized carbons (Fsp3) is 0. The Morgan fingerprint density at radius 2 is 2.00 bits per heavy atom. The average Bonchev–Trinajstić information content (AvgIpc) is 2.35. The Balaban J connectivity index is 2.16. The lowest BCUT2D eigenvalue weighted by Crippen LogP contribution is -2.12. The van der Waals surface area contributed by atoms with Crippen LogP contribution in [0.15, 0.2) is 36.5 Å². The average molecular weight is 269 g/mol. The Kier molecular flexibility index (Phi) is 3.53. The van der Waals surface area contributed by atoms with Crippen LogP contribution in [0.3, 0.4) is 0 Å². The van der Waals surface area contributed by atoms with Gasteiger partial charge in [-0.25, -0.2) is 9.37 Å². The minimum absolute atomic E-state index is 0.0602. The van der Waals surface area contributed by atoms with Crippen molar-refractivity contribution in [2.75, 3.05) is 5.32 Å². The minimum atomic E-state index is -0.679. The summed E-state index contributed by atoms with van der Waals surface area (Å²) in [7, 11) is 0. The molecule has 0 saturated carbocycles. The van der Waals surface area contributed by atoms with Gasteiger partial charge in [-0.2, -0.15) is 4.39 Å². The topological polar surface area (TPSA) is 42.0 Å². The van der Waals surface area contributed by atoms with Crippen LogP contribution in [0.25, 0.3) is 0 Å². The molecule has 0 aliphatic heterocycles. The van der Waals surface area contributed by atoms with Crippen LogP contribution in [0.1, 0.15) is 10.4 Å². The molecule has 3 nitrogen and oxygen atoms in total. The first-order valence-corrected chi connectivity index (χ1v) is 5.32. The summed E-state index contributed by atoms with van der Waals surface area (Å²) in [5.41, 5.74) is 0.429. The van der Waals surface area contributed by atoms with Gasteiger partial charge in [0.05, 0.1) is 16.9 Å². The van der Waals surface area contributed by atoms with Crippen molar-refractivity contribution in [3.05, 3.63) is 58.9 Å². The van der Waals surface area contributed by atoms with E-state index in [2.05, 4.69) is 10.3 Å². The largest absolute Gasteiger partial charge is 0.321 e. The van der Waals surface area contributed by atoms with Crippen LogP contribution in [-0.2, 0) is 0 Å². The molecule has 2 aromatic rings. The van der Waals surface area contributed by atoms with Crippen LogP contribution in [0.5, 0.6) is 0 Å². The van der Waals surface area contributed by atoms with Crippen LogP contribution < -0.4 is 5.32 Å². The summed E-state index contributed by atoms with van der Waals surface area (Å²) in [6, 6.07) is 6.16. The third-order valence-corrected chi connectivity index (χ3v) is 2.47. The summed E-state index contributed by atoms with van der Waals surface area (Å²) in [4.78, 5) is 15.1. The number of anilines is 1. The zero-order valence-corrected chi connectivity index (χ0v) is 9.71. The zero-order valence-electron chi connectivity index (χ0n) is 8.95. The molecule has 0 bridgehead atoms. The van der Waals surface area contributed by atoms with Crippen molar-refractivity contribution in [3.8, 4) is 0 Å². The molecule has 1 N–H and O–H groups in total. The molecule has 1 amide bonds. The Hall–Kier alpha value is -2.01. The lowest BCUT2D eigenvalue weighted by atomic mass is 10.2. The van der Waals surface area contributed by atoms with Crippen molar-refractivity contribution in [1.29, 1.82) is 0 Å². The summed E-state index contributed by atoms with van der Waals surface area (Å²) < 4.78 is 25.7. The number of pyridine rings is 1. The molecule has 0 radical (unpaired) electrons. The second-order valence-corrected chi connectivity index (χ2v) is 3.86. The number of amides is 1. The highest BCUT2D eigenvalue weighted by atomic mass is 35.5. The summed E-state index contributed by atoms with van der Waals surface area (Å²) in [5.74, 6) is -1.86. The predicted molar refractivity (Wildman–Crippen MR) is 63.6 cm³/mol. The fourth-order valence-electron chi connectivity index (χ4n) is 1.29. The SMILES string of the molecule is O=C(Nc1ccc(F)nc1)c1ccc(Cl)c(F)c1. The van der Waals surface area contributed by atoms with E-state index in [0.29, 0.717) is 5.69 Å². The first-order valence-electron chi connectivity index (χ1n) is 4.94. The van der Waals surface area contributed by atoms with Gasteiger partial charge in [-0.15, -0.1) is 0 Å². The minimum Gasteiger partial charge on any atom is -0.321 e. The molecular formula is C12H7ClF2N2O. The summed E-state index contributed by atoms with van der Waals surface area (Å²) in [6.07, 6.45) is 1.17. The van der Waals surface area contributed by atoms with E-state index in [9.17, 15) is 13.6 Å². The first kappa shape index (κ1) is 12.4. The highest BCUT2D eigenvalue weighted by Crippen LogP contribution is 2.16. The lowest BCUT2D eigenvalue weighted by molar-refractivity contribution is 0.102. The number of carbonyl (C=O) groups excluding carboxylic acids is 1. The molecule has 1 aromatic carbocycles. The van der Waals surface area contributed by atoms with Crippen molar-refractivity contribution >= 4 is 23.2 Å². The molecule has 0 atom stereocenters. The van der Waals surface area contributed by atoms with E-state index in [0.717, 1.165) is 12.1 Å². The van der Waals surface area contributed by atoms with Crippen LogP contribution in [0.4, 0.5) is 14.5 Å². The van der Waals surface area contributed by atoms with Gasteiger partial charge in [0.2, 0.25) is 5.95 Å². The number of benzene rings is 1. The standard InChI is InChI=1S/C12H7ClF2N2O/c13-9-3-1-7(5-10(9)14)12(18)17-8-2-4-11(15)16-6-8/h1-6H,(H,17,18). The van der Waals surface area contributed by atoms with E-state index >= 15 is 0 Å². The Morgan fingerprint density at radius 3 is 2.61 bits per heavy atom. The molecule has 0 fully saturated rings. The van der Waals surface area contributed by atoms with E-state index < -0.39 is 17.7 Å². The summed E-state index contributed by atoms with van der Waals surface area (Å²) >= 11 is 5.50. The molecule has 1 heterocycles. The second-order valence-electron chi connectivity index (χ2n) is 3.45. The van der Waals surface area contributed by atoms with Gasteiger partial charge in [0, 0.05) is 5.56 Å². The third-order valence-electron chi connectivity index (χ3n) is 2.17. The summed E-state index contributed by atoms with van der Waals surface area (Å²) in [6.45, 7) is 0. The Labute approximate surface area is 106 Å². The van der Waals surface area contributed by atoms with Gasteiger partial charge < -0.3 is 5.32 Å². The van der Waals surface area contributed by atoms with Crippen molar-refractivity contribution < 1.29 is 13.6 Å². The van der Waals surface area contributed by atoms with Gasteiger partial charge in [-0.1, -0.05) is 11.6 Å². The molecule has 0 saturated heterocycles. The molecule has 1 aromatic heterocycles. The highest BCUT2D eigenvalue weighted by Gasteiger charge is 2.09. The van der Waals surface area contributed by atoms with Gasteiger partial charge in [-0.3, -0.25) is 4.79 Å². The number of carbonyl (C=O) groups is 1. The predicted octanol–water partition coefficient (Wildman–Crippen LogP) is 3.27. The number of hydrogen-bond donors (Lipinski definition) is 1. The zero-order chi connectivity index (χ0) is 13.1. The number of nitrogens with zero attached hydrogens (tertiary/aromatic N) is 1. The number of hydrogen-bond acceptors (Lipinski definition) is 2. The highest BCUT2D eigenvalue weighted by molar-refractivity contribution is 6.30. The van der Waals surface area contributed by atoms with E-state index in [-0.39, 0.29) is 10.6 Å². The molecule has 18 heavy (non-hydrogen) atoms. The van der Waals surface area contributed by atoms with Crippen LogP contribution >= 0.6 is 11.6 Å². The van der Waals surface area contributed by atoms with Gasteiger partial charge in [0.1, 0.15) is 5.82 Å². The van der Waals surface area contributed by atoms with Gasteiger partial charge in [0.25, 0.3) is 5.91 Å². The van der Waals surface area contributed by atoms with Gasteiger partial charge in [-0.05, 0) is 30.3 Å². The van der Waals surface area contributed by atoms with Crippen LogP contribution in [0.2, 0.25) is 5.02 Å². The maximum Gasteiger partial charge on any atom is 0.255 e. The third kappa shape index (κ3) is 2.81. The fourth-order valence-corrected chi connectivity index (χ4v) is 1.41. The molecule has 0 aliphatic rings. The van der Waals surface area contributed by atoms with Crippen molar-refractivity contribution in [3.63, 3.8) is 0 Å². The van der Waals surface area contributed by atoms with Crippen LogP contribution in [-0.4, -0.2) is 10.9 Å². The molecule has 2 rings (SSSR count). The normalized spacial score (nSPS) is 10.2. The van der Waals surface area contributed by atoms with Gasteiger partial charge >= 0.3 is 0 Å². The van der Waals surface area contributed by atoms with E-state index in [1.165, 1.54) is 24.4 Å². The van der Waals surface area contributed by atoms with E-state index in [1.54, 1.807) is 0 Å². The number of nitrogens with one attached hydrogen (secondary N) is 1. The monoisotopic (exact) mass is 268 g/mol. The smallest absolute Gasteiger partial charge is 0.255 e. The van der Waals surface area contributed by atoms with E-state index in [1.807, 2.05) is 0 Å². The number of rotatable bonds is 2. The van der Waals surface area contributed by atoms with Crippen molar-refractivity contribution in [2.45, 2.75) is 0 Å². The van der Waals surface area contributed by atoms with Crippen LogP contribution in [0, 0.1) is 11.8 Å². The molecular weight excluding hydrogens is 262 g/mol. The van der Waals surface area contributed by atoms with Crippen molar-refractivity contribution in [1.82, 2.24) is 4.98 Å². The molecule has 0 unspecified atom stereocenters. The van der Waals surface area contributed by atoms with Gasteiger partial charge in [0.15, 0.2) is 0 Å². The molecule has 0 spiro atoms. The lowest BCUT2D eigenvalue weighted by Gasteiger charge is -2.05. The maximum atomic E-state index is 13.2. The second kappa shape index (κ2) is 5.10. The Bertz CT molecular complexity index is 587. The number of aromatic nitrogens is 1. The first-order chi connectivity index (χ1) is 8.56.